The summed E-state index contributed by atoms with van der Waals surface area (Å²) < 4.78 is 1.71. The Morgan fingerprint density at radius 1 is 1.23 bits per heavy atom. The summed E-state index contributed by atoms with van der Waals surface area (Å²) in [7, 11) is 3.66. The molecule has 0 saturated carbocycles. The van der Waals surface area contributed by atoms with Gasteiger partial charge in [0.05, 0.1) is 6.20 Å². The number of amides is 1. The van der Waals surface area contributed by atoms with Gasteiger partial charge in [0.2, 0.25) is 5.91 Å². The molecule has 26 heavy (non-hydrogen) atoms. The minimum absolute atomic E-state index is 0. The standard InChI is InChI=1S/C16H23N7O.2ClH/c1-17-15(13-11-19-21(2)12-13)16(24)23-8-4-7-22(9-10-23)14-5-3-6-18-20-14;;/h3,5-6,11-12,15,17H,4,7-10H2,1-2H3;2*1H. The van der Waals surface area contributed by atoms with E-state index < -0.39 is 0 Å². The molecule has 1 atom stereocenters. The summed E-state index contributed by atoms with van der Waals surface area (Å²) in [5.74, 6) is 0.954. The molecule has 3 rings (SSSR count). The molecular formula is C16H25Cl2N7O. The molecule has 1 amide bonds. The summed E-state index contributed by atoms with van der Waals surface area (Å²) in [5, 5.41) is 15.4. The van der Waals surface area contributed by atoms with E-state index in [1.54, 1.807) is 24.1 Å². The zero-order chi connectivity index (χ0) is 16.9. The predicted molar refractivity (Wildman–Crippen MR) is 105 cm³/mol. The topological polar surface area (TPSA) is 79.2 Å². The number of aryl methyl sites for hydroxylation is 1. The minimum atomic E-state index is -0.359. The maximum atomic E-state index is 12.9. The Balaban J connectivity index is 0.00000169. The molecule has 2 aromatic heterocycles. The van der Waals surface area contributed by atoms with E-state index in [0.717, 1.165) is 37.4 Å². The Kier molecular flexibility index (Phi) is 8.77. The first-order chi connectivity index (χ1) is 11.7. The number of hydrogen-bond donors (Lipinski definition) is 1. The van der Waals surface area contributed by atoms with Gasteiger partial charge in [-0.2, -0.15) is 10.2 Å². The average molecular weight is 402 g/mol. The van der Waals surface area contributed by atoms with Crippen LogP contribution in [0.1, 0.15) is 18.0 Å². The van der Waals surface area contributed by atoms with Gasteiger partial charge in [0.15, 0.2) is 5.82 Å². The molecule has 1 N–H and O–H groups in total. The number of carbonyl (C=O) groups excluding carboxylic acids is 1. The lowest BCUT2D eigenvalue weighted by atomic mass is 10.1. The molecule has 1 aliphatic rings. The van der Waals surface area contributed by atoms with Crippen molar-refractivity contribution in [3.05, 3.63) is 36.3 Å². The van der Waals surface area contributed by atoms with Gasteiger partial charge in [-0.1, -0.05) is 0 Å². The Morgan fingerprint density at radius 2 is 2.04 bits per heavy atom. The predicted octanol–water partition coefficient (Wildman–Crippen LogP) is 1.05. The Hall–Kier alpha value is -1.90. The van der Waals surface area contributed by atoms with Crippen molar-refractivity contribution in [3.8, 4) is 0 Å². The van der Waals surface area contributed by atoms with Crippen LogP contribution in [0.2, 0.25) is 0 Å². The summed E-state index contributed by atoms with van der Waals surface area (Å²) in [5.41, 5.74) is 0.889. The molecule has 144 valence electrons. The van der Waals surface area contributed by atoms with E-state index in [1.807, 2.05) is 30.3 Å². The molecule has 1 aliphatic heterocycles. The van der Waals surface area contributed by atoms with Crippen LogP contribution in [0.3, 0.4) is 0 Å². The van der Waals surface area contributed by atoms with E-state index in [4.69, 9.17) is 0 Å². The largest absolute Gasteiger partial charge is 0.353 e. The molecule has 1 fully saturated rings. The van der Waals surface area contributed by atoms with Crippen LogP contribution in [-0.2, 0) is 11.8 Å². The first-order valence-electron chi connectivity index (χ1n) is 8.16. The summed E-state index contributed by atoms with van der Waals surface area (Å²) >= 11 is 0. The molecule has 3 heterocycles. The fourth-order valence-corrected chi connectivity index (χ4v) is 3.03. The second kappa shape index (κ2) is 10.3. The molecule has 2 aromatic rings. The van der Waals surface area contributed by atoms with Crippen molar-refractivity contribution < 1.29 is 4.79 Å². The van der Waals surface area contributed by atoms with E-state index in [2.05, 4.69) is 25.5 Å². The van der Waals surface area contributed by atoms with Crippen LogP contribution in [-0.4, -0.2) is 64.0 Å². The quantitative estimate of drug-likeness (QED) is 0.824. The number of likely N-dealkylation sites (N-methyl/N-ethyl adjacent to an activating group) is 1. The van der Waals surface area contributed by atoms with Crippen LogP contribution in [0.25, 0.3) is 0 Å². The summed E-state index contributed by atoms with van der Waals surface area (Å²) in [6.07, 6.45) is 6.19. The van der Waals surface area contributed by atoms with Crippen molar-refractivity contribution in [1.82, 2.24) is 30.2 Å². The van der Waals surface area contributed by atoms with E-state index in [-0.39, 0.29) is 36.8 Å². The monoisotopic (exact) mass is 401 g/mol. The maximum Gasteiger partial charge on any atom is 0.244 e. The first kappa shape index (κ1) is 22.1. The summed E-state index contributed by atoms with van der Waals surface area (Å²) in [6, 6.07) is 3.48. The molecule has 0 aromatic carbocycles. The van der Waals surface area contributed by atoms with E-state index in [0.29, 0.717) is 6.54 Å². The molecule has 0 spiro atoms. The normalized spacial score (nSPS) is 15.5. The number of nitrogens with zero attached hydrogens (tertiary/aromatic N) is 6. The Morgan fingerprint density at radius 3 is 2.65 bits per heavy atom. The molecule has 1 unspecified atom stereocenters. The van der Waals surface area contributed by atoms with Crippen LogP contribution in [0, 0.1) is 0 Å². The highest BCUT2D eigenvalue weighted by Gasteiger charge is 2.27. The highest BCUT2D eigenvalue weighted by atomic mass is 35.5. The maximum absolute atomic E-state index is 12.9. The van der Waals surface area contributed by atoms with Crippen LogP contribution >= 0.6 is 24.8 Å². The fraction of sp³-hybridized carbons (Fsp3) is 0.500. The highest BCUT2D eigenvalue weighted by Crippen LogP contribution is 2.18. The number of rotatable bonds is 4. The molecule has 1 saturated heterocycles. The average Bonchev–Trinajstić information content (AvgIpc) is 2.88. The highest BCUT2D eigenvalue weighted by molar-refractivity contribution is 5.85. The van der Waals surface area contributed by atoms with Gasteiger partial charge in [0.25, 0.3) is 0 Å². The SMILES string of the molecule is CNC(C(=O)N1CCCN(c2cccnn2)CC1)c1cnn(C)c1.Cl.Cl. The van der Waals surface area contributed by atoms with Crippen molar-refractivity contribution >= 4 is 36.5 Å². The zero-order valence-corrected chi connectivity index (χ0v) is 16.5. The van der Waals surface area contributed by atoms with Crippen LogP contribution < -0.4 is 10.2 Å². The summed E-state index contributed by atoms with van der Waals surface area (Å²) in [6.45, 7) is 3.05. The summed E-state index contributed by atoms with van der Waals surface area (Å²) in [4.78, 5) is 17.0. The van der Waals surface area contributed by atoms with Gasteiger partial charge >= 0.3 is 0 Å². The minimum Gasteiger partial charge on any atom is -0.353 e. The van der Waals surface area contributed by atoms with Crippen LogP contribution in [0.5, 0.6) is 0 Å². The van der Waals surface area contributed by atoms with Gasteiger partial charge in [-0.05, 0) is 25.6 Å². The zero-order valence-electron chi connectivity index (χ0n) is 14.9. The lowest BCUT2D eigenvalue weighted by molar-refractivity contribution is -0.133. The molecule has 10 heteroatoms. The number of carbonyl (C=O) groups is 1. The number of nitrogens with one attached hydrogen (secondary N) is 1. The van der Waals surface area contributed by atoms with Gasteiger partial charge in [0.1, 0.15) is 6.04 Å². The Labute approximate surface area is 165 Å². The molecule has 0 aliphatic carbocycles. The third-order valence-corrected chi connectivity index (χ3v) is 4.28. The number of anilines is 1. The van der Waals surface area contributed by atoms with Crippen LogP contribution in [0.15, 0.2) is 30.7 Å². The number of aromatic nitrogens is 4. The van der Waals surface area contributed by atoms with Gasteiger partial charge < -0.3 is 15.1 Å². The second-order valence-electron chi connectivity index (χ2n) is 5.92. The number of hydrogen-bond acceptors (Lipinski definition) is 6. The van der Waals surface area contributed by atoms with Gasteiger partial charge in [-0.3, -0.25) is 9.48 Å². The van der Waals surface area contributed by atoms with Crippen molar-refractivity contribution in [2.45, 2.75) is 12.5 Å². The molecule has 0 bridgehead atoms. The fourth-order valence-electron chi connectivity index (χ4n) is 3.03. The van der Waals surface area contributed by atoms with Gasteiger partial charge in [0, 0.05) is 51.2 Å². The van der Waals surface area contributed by atoms with E-state index >= 15 is 0 Å². The van der Waals surface area contributed by atoms with E-state index in [1.165, 1.54) is 0 Å². The van der Waals surface area contributed by atoms with E-state index in [9.17, 15) is 4.79 Å². The smallest absolute Gasteiger partial charge is 0.244 e. The Bertz CT molecular complexity index is 682. The lowest BCUT2D eigenvalue weighted by Gasteiger charge is -2.26. The van der Waals surface area contributed by atoms with Crippen molar-refractivity contribution in [2.75, 3.05) is 38.1 Å². The van der Waals surface area contributed by atoms with Crippen molar-refractivity contribution in [3.63, 3.8) is 0 Å². The van der Waals surface area contributed by atoms with Gasteiger partial charge in [-0.15, -0.1) is 29.9 Å². The third kappa shape index (κ3) is 5.06. The second-order valence-corrected chi connectivity index (χ2v) is 5.92. The molecular weight excluding hydrogens is 377 g/mol. The molecule has 0 radical (unpaired) electrons. The lowest BCUT2D eigenvalue weighted by Crippen LogP contribution is -2.41. The third-order valence-electron chi connectivity index (χ3n) is 4.28. The first-order valence-corrected chi connectivity index (χ1v) is 8.16. The van der Waals surface area contributed by atoms with Crippen molar-refractivity contribution in [1.29, 1.82) is 0 Å². The van der Waals surface area contributed by atoms with Gasteiger partial charge in [-0.25, -0.2) is 0 Å². The number of halogens is 2. The van der Waals surface area contributed by atoms with Crippen molar-refractivity contribution in [2.24, 2.45) is 7.05 Å². The molecule has 8 nitrogen and oxygen atoms in total. The van der Waals surface area contributed by atoms with Crippen LogP contribution in [0.4, 0.5) is 5.82 Å².